The molecule has 2 rings (SSSR count). The molecule has 1 N–H and O–H groups in total. The lowest BCUT2D eigenvalue weighted by Crippen LogP contribution is -2.44. The molecule has 1 aliphatic rings. The summed E-state index contributed by atoms with van der Waals surface area (Å²) >= 11 is 0. The van der Waals surface area contributed by atoms with Crippen molar-refractivity contribution in [3.8, 4) is 0 Å². The molecule has 0 fully saturated rings. The van der Waals surface area contributed by atoms with E-state index in [1.807, 2.05) is 0 Å². The summed E-state index contributed by atoms with van der Waals surface area (Å²) in [4.78, 5) is 35.8. The van der Waals surface area contributed by atoms with Crippen LogP contribution in [0.25, 0.3) is 0 Å². The lowest BCUT2D eigenvalue weighted by atomic mass is 10.1. The van der Waals surface area contributed by atoms with Crippen LogP contribution in [0.3, 0.4) is 0 Å². The third-order valence-electron chi connectivity index (χ3n) is 3.12. The van der Waals surface area contributed by atoms with Crippen molar-refractivity contribution in [2.75, 3.05) is 0 Å². The van der Waals surface area contributed by atoms with Crippen LogP contribution in [0.15, 0.2) is 12.1 Å². The first-order chi connectivity index (χ1) is 9.38. The van der Waals surface area contributed by atoms with Crippen molar-refractivity contribution in [2.24, 2.45) is 0 Å². The highest BCUT2D eigenvalue weighted by atomic mass is 19.2. The van der Waals surface area contributed by atoms with Crippen LogP contribution in [0.4, 0.5) is 8.78 Å². The largest absolute Gasteiger partial charge is 0.480 e. The van der Waals surface area contributed by atoms with Gasteiger partial charge in [0, 0.05) is 0 Å². The van der Waals surface area contributed by atoms with Crippen molar-refractivity contribution < 1.29 is 28.3 Å². The van der Waals surface area contributed by atoms with Crippen LogP contribution in [-0.4, -0.2) is 33.8 Å². The summed E-state index contributed by atoms with van der Waals surface area (Å²) in [5, 5.41) is 9.09. The molecule has 20 heavy (non-hydrogen) atoms. The van der Waals surface area contributed by atoms with E-state index in [2.05, 4.69) is 0 Å². The predicted molar refractivity (Wildman–Crippen MR) is 63.2 cm³/mol. The maximum atomic E-state index is 13.1. The molecule has 1 aromatic rings. The maximum Gasteiger partial charge on any atom is 0.326 e. The minimum absolute atomic E-state index is 0.0752. The van der Waals surface area contributed by atoms with Crippen molar-refractivity contribution in [1.82, 2.24) is 4.90 Å². The number of carbonyl (C=O) groups is 3. The summed E-state index contributed by atoms with van der Waals surface area (Å²) in [5.74, 6) is -5.67. The SMILES string of the molecule is CCCC(C(=O)O)N1C(=O)c2cc(F)c(F)cc2C1=O. The first kappa shape index (κ1) is 14.1. The molecule has 1 heterocycles. The Bertz CT molecular complexity index is 574. The van der Waals surface area contributed by atoms with Crippen LogP contribution in [-0.2, 0) is 4.79 Å². The molecule has 0 radical (unpaired) electrons. The van der Waals surface area contributed by atoms with Crippen molar-refractivity contribution in [1.29, 1.82) is 0 Å². The van der Waals surface area contributed by atoms with Gasteiger partial charge in [-0.1, -0.05) is 13.3 Å². The van der Waals surface area contributed by atoms with Crippen LogP contribution in [0.1, 0.15) is 40.5 Å². The molecule has 5 nitrogen and oxygen atoms in total. The summed E-state index contributed by atoms with van der Waals surface area (Å²) in [5.41, 5.74) is -0.618. The topological polar surface area (TPSA) is 74.7 Å². The number of halogens is 2. The van der Waals surface area contributed by atoms with Gasteiger partial charge in [0.05, 0.1) is 11.1 Å². The first-order valence-corrected chi connectivity index (χ1v) is 5.98. The van der Waals surface area contributed by atoms with Gasteiger partial charge in [-0.2, -0.15) is 0 Å². The Morgan fingerprint density at radius 3 is 2.00 bits per heavy atom. The summed E-state index contributed by atoms with van der Waals surface area (Å²) in [6, 6.07) is -0.0931. The van der Waals surface area contributed by atoms with E-state index in [1.165, 1.54) is 0 Å². The molecule has 1 atom stereocenters. The quantitative estimate of drug-likeness (QED) is 0.855. The Labute approximate surface area is 112 Å². The number of fused-ring (bicyclic) bond motifs is 1. The van der Waals surface area contributed by atoms with Gasteiger partial charge in [-0.25, -0.2) is 13.6 Å². The normalized spacial score (nSPS) is 15.4. The highest BCUT2D eigenvalue weighted by Gasteiger charge is 2.43. The Kier molecular flexibility index (Phi) is 3.52. The van der Waals surface area contributed by atoms with E-state index in [4.69, 9.17) is 5.11 Å². The fraction of sp³-hybridized carbons (Fsp3) is 0.308. The molecule has 0 aromatic heterocycles. The van der Waals surface area contributed by atoms with Crippen LogP contribution >= 0.6 is 0 Å². The maximum absolute atomic E-state index is 13.1. The number of carboxylic acid groups (broad SMARTS) is 1. The van der Waals surface area contributed by atoms with Crippen LogP contribution in [0.2, 0.25) is 0 Å². The highest BCUT2D eigenvalue weighted by molar-refractivity contribution is 6.22. The van der Waals surface area contributed by atoms with Gasteiger partial charge >= 0.3 is 5.97 Å². The third kappa shape index (κ3) is 2.04. The number of rotatable bonds is 4. The second kappa shape index (κ2) is 4.99. The number of aliphatic carboxylic acids is 1. The first-order valence-electron chi connectivity index (χ1n) is 5.98. The number of carboxylic acids is 1. The molecule has 2 amide bonds. The predicted octanol–water partition coefficient (Wildman–Crippen LogP) is 1.81. The number of amides is 2. The zero-order chi connectivity index (χ0) is 15.0. The zero-order valence-corrected chi connectivity index (χ0v) is 10.5. The molecule has 0 saturated heterocycles. The second-order valence-electron chi connectivity index (χ2n) is 4.43. The molecular formula is C13H11F2NO4. The Morgan fingerprint density at radius 1 is 1.20 bits per heavy atom. The molecular weight excluding hydrogens is 272 g/mol. The minimum Gasteiger partial charge on any atom is -0.480 e. The lowest BCUT2D eigenvalue weighted by Gasteiger charge is -2.21. The molecule has 1 aromatic carbocycles. The Hall–Kier alpha value is -2.31. The minimum atomic E-state index is -1.33. The van der Waals surface area contributed by atoms with E-state index < -0.39 is 35.5 Å². The zero-order valence-electron chi connectivity index (χ0n) is 10.5. The van der Waals surface area contributed by atoms with Gasteiger partial charge in [0.25, 0.3) is 11.8 Å². The number of benzene rings is 1. The van der Waals surface area contributed by atoms with Gasteiger partial charge in [-0.15, -0.1) is 0 Å². The Morgan fingerprint density at radius 2 is 1.65 bits per heavy atom. The van der Waals surface area contributed by atoms with E-state index in [0.29, 0.717) is 23.5 Å². The smallest absolute Gasteiger partial charge is 0.326 e. The van der Waals surface area contributed by atoms with Crippen LogP contribution in [0, 0.1) is 11.6 Å². The van der Waals surface area contributed by atoms with E-state index in [0.717, 1.165) is 0 Å². The van der Waals surface area contributed by atoms with E-state index >= 15 is 0 Å². The van der Waals surface area contributed by atoms with Crippen LogP contribution < -0.4 is 0 Å². The molecule has 0 saturated carbocycles. The molecule has 1 aliphatic heterocycles. The van der Waals surface area contributed by atoms with Gasteiger partial charge in [-0.3, -0.25) is 14.5 Å². The standard InChI is InChI=1S/C13H11F2NO4/c1-2-3-10(13(19)20)16-11(17)6-4-8(14)9(15)5-7(6)12(16)18/h4-5,10H,2-3H2,1H3,(H,19,20). The Balaban J connectivity index is 2.48. The van der Waals surface area contributed by atoms with Gasteiger partial charge in [-0.05, 0) is 18.6 Å². The molecule has 0 bridgehead atoms. The molecule has 7 heteroatoms. The number of nitrogens with zero attached hydrogens (tertiary/aromatic N) is 1. The highest BCUT2D eigenvalue weighted by Crippen LogP contribution is 2.28. The summed E-state index contributed by atoms with van der Waals surface area (Å²) in [6.07, 6.45) is 0.513. The monoisotopic (exact) mass is 283 g/mol. The molecule has 0 spiro atoms. The van der Waals surface area contributed by atoms with Crippen molar-refractivity contribution in [3.05, 3.63) is 34.9 Å². The number of hydrogen-bond donors (Lipinski definition) is 1. The summed E-state index contributed by atoms with van der Waals surface area (Å²) < 4.78 is 26.3. The van der Waals surface area contributed by atoms with Gasteiger partial charge < -0.3 is 5.11 Å². The molecule has 0 aliphatic carbocycles. The molecule has 1 unspecified atom stereocenters. The van der Waals surface area contributed by atoms with Crippen molar-refractivity contribution in [3.63, 3.8) is 0 Å². The van der Waals surface area contributed by atoms with Crippen molar-refractivity contribution >= 4 is 17.8 Å². The average Bonchev–Trinajstić information content (AvgIpc) is 2.60. The molecule has 106 valence electrons. The van der Waals surface area contributed by atoms with Gasteiger partial charge in [0.2, 0.25) is 0 Å². The number of hydrogen-bond acceptors (Lipinski definition) is 3. The number of carbonyl (C=O) groups excluding carboxylic acids is 2. The fourth-order valence-corrected chi connectivity index (χ4v) is 2.17. The van der Waals surface area contributed by atoms with E-state index in [-0.39, 0.29) is 17.5 Å². The lowest BCUT2D eigenvalue weighted by molar-refractivity contribution is -0.141. The van der Waals surface area contributed by atoms with E-state index in [1.54, 1.807) is 6.92 Å². The van der Waals surface area contributed by atoms with E-state index in [9.17, 15) is 23.2 Å². The average molecular weight is 283 g/mol. The summed E-state index contributed by atoms with van der Waals surface area (Å²) in [7, 11) is 0. The fourth-order valence-electron chi connectivity index (χ4n) is 2.17. The second-order valence-corrected chi connectivity index (χ2v) is 4.43. The van der Waals surface area contributed by atoms with Gasteiger partial charge in [0.1, 0.15) is 6.04 Å². The number of imide groups is 1. The summed E-state index contributed by atoms with van der Waals surface area (Å²) in [6.45, 7) is 1.70. The van der Waals surface area contributed by atoms with Gasteiger partial charge in [0.15, 0.2) is 11.6 Å². The third-order valence-corrected chi connectivity index (χ3v) is 3.12. The van der Waals surface area contributed by atoms with Crippen LogP contribution in [0.5, 0.6) is 0 Å². The van der Waals surface area contributed by atoms with Crippen molar-refractivity contribution in [2.45, 2.75) is 25.8 Å².